The van der Waals surface area contributed by atoms with Gasteiger partial charge < -0.3 is 21.5 Å². The molecule has 0 saturated heterocycles. The van der Waals surface area contributed by atoms with E-state index in [1.165, 1.54) is 0 Å². The Morgan fingerprint density at radius 2 is 1.52 bits per heavy atom. The van der Waals surface area contributed by atoms with Gasteiger partial charge in [-0.15, -0.1) is 24.8 Å². The van der Waals surface area contributed by atoms with Crippen LogP contribution in [-0.4, -0.2) is 49.0 Å². The fraction of sp³-hybridized carbons (Fsp3) is 0.333. The summed E-state index contributed by atoms with van der Waals surface area (Å²) in [6.07, 6.45) is 1.31. The van der Waals surface area contributed by atoms with Gasteiger partial charge in [0.2, 0.25) is 0 Å². The van der Waals surface area contributed by atoms with Gasteiger partial charge in [0.05, 0.1) is 11.7 Å². The molecule has 0 fully saturated rings. The monoisotopic (exact) mass is 439 g/mol. The molecule has 3 rings (SSSR count). The van der Waals surface area contributed by atoms with Crippen molar-refractivity contribution in [1.29, 1.82) is 0 Å². The van der Waals surface area contributed by atoms with Crippen LogP contribution in [0.2, 0.25) is 0 Å². The molecule has 0 radical (unpaired) electrons. The van der Waals surface area contributed by atoms with Gasteiger partial charge in [-0.1, -0.05) is 36.4 Å². The molecule has 29 heavy (non-hydrogen) atoms. The fourth-order valence-corrected chi connectivity index (χ4v) is 3.26. The second-order valence-electron chi connectivity index (χ2n) is 6.67. The second kappa shape index (κ2) is 11.9. The topological polar surface area (TPSA) is 104 Å². The minimum atomic E-state index is -0.611. The molecule has 0 amide bonds. The quantitative estimate of drug-likeness (QED) is 0.381. The first kappa shape index (κ1) is 25.1. The summed E-state index contributed by atoms with van der Waals surface area (Å²) in [7, 11) is 0. The molecule has 1 unspecified atom stereocenters. The first-order valence-electron chi connectivity index (χ1n) is 9.27. The number of unbranched alkanes of at least 4 members (excludes halogenated alkanes) is 1. The Morgan fingerprint density at radius 3 is 2.21 bits per heavy atom. The van der Waals surface area contributed by atoms with E-state index in [0.29, 0.717) is 41.0 Å². The molecule has 2 aromatic rings. The van der Waals surface area contributed by atoms with E-state index in [1.54, 1.807) is 42.5 Å². The lowest BCUT2D eigenvalue weighted by Crippen LogP contribution is -2.33. The fourth-order valence-electron chi connectivity index (χ4n) is 3.26. The van der Waals surface area contributed by atoms with Crippen LogP contribution < -0.4 is 16.4 Å². The van der Waals surface area contributed by atoms with Crippen LogP contribution in [0.3, 0.4) is 0 Å². The lowest BCUT2D eigenvalue weighted by Gasteiger charge is -2.21. The summed E-state index contributed by atoms with van der Waals surface area (Å²) in [5.41, 5.74) is 7.66. The standard InChI is InChI=1S/C21H25N3O3.2ClH/c22-10-3-4-11-23-12-14(25)13-24-18-9-5-8-17-19(18)21(27)16-7-2-1-6-15(16)20(17)26;;/h1-2,5-9,14,23-25H,3-4,10-13,22H2;2*1H. The van der Waals surface area contributed by atoms with Gasteiger partial charge in [-0.3, -0.25) is 9.59 Å². The van der Waals surface area contributed by atoms with Gasteiger partial charge in [0, 0.05) is 35.5 Å². The van der Waals surface area contributed by atoms with Crippen molar-refractivity contribution < 1.29 is 14.7 Å². The number of carbonyl (C=O) groups excluding carboxylic acids is 2. The van der Waals surface area contributed by atoms with Crippen LogP contribution in [0.4, 0.5) is 5.69 Å². The Balaban J connectivity index is 0.00000210. The van der Waals surface area contributed by atoms with Gasteiger partial charge in [0.15, 0.2) is 11.6 Å². The van der Waals surface area contributed by atoms with Gasteiger partial charge in [0.25, 0.3) is 0 Å². The van der Waals surface area contributed by atoms with E-state index in [2.05, 4.69) is 10.6 Å². The summed E-state index contributed by atoms with van der Waals surface area (Å²) in [5.74, 6) is -0.316. The first-order valence-corrected chi connectivity index (χ1v) is 9.27. The van der Waals surface area contributed by atoms with Crippen molar-refractivity contribution in [2.24, 2.45) is 5.73 Å². The van der Waals surface area contributed by atoms with E-state index in [4.69, 9.17) is 5.73 Å². The zero-order valence-electron chi connectivity index (χ0n) is 16.0. The Labute approximate surface area is 183 Å². The zero-order valence-corrected chi connectivity index (χ0v) is 17.7. The van der Waals surface area contributed by atoms with Crippen LogP contribution in [0.5, 0.6) is 0 Å². The predicted octanol–water partition coefficient (Wildman–Crippen LogP) is 2.41. The molecule has 6 nitrogen and oxygen atoms in total. The molecule has 0 spiro atoms. The Kier molecular flexibility index (Phi) is 10.3. The van der Waals surface area contributed by atoms with E-state index in [-0.39, 0.29) is 42.9 Å². The molecule has 1 aliphatic rings. The Morgan fingerprint density at radius 1 is 0.862 bits per heavy atom. The Bertz CT molecular complexity index is 846. The highest BCUT2D eigenvalue weighted by molar-refractivity contribution is 6.30. The highest BCUT2D eigenvalue weighted by atomic mass is 35.5. The smallest absolute Gasteiger partial charge is 0.196 e. The molecular weight excluding hydrogens is 413 g/mol. The van der Waals surface area contributed by atoms with Crippen LogP contribution in [0, 0.1) is 0 Å². The van der Waals surface area contributed by atoms with Crippen molar-refractivity contribution in [3.63, 3.8) is 0 Å². The Hall–Kier alpha value is -1.96. The molecule has 0 aliphatic heterocycles. The maximum Gasteiger partial charge on any atom is 0.196 e. The number of aliphatic hydroxyl groups is 1. The van der Waals surface area contributed by atoms with Crippen molar-refractivity contribution in [2.45, 2.75) is 18.9 Å². The molecule has 0 heterocycles. The third kappa shape index (κ3) is 5.78. The molecule has 8 heteroatoms. The number of hydrogen-bond donors (Lipinski definition) is 4. The summed E-state index contributed by atoms with van der Waals surface area (Å²) in [6.45, 7) is 2.20. The SMILES string of the molecule is Cl.Cl.NCCCCNCC(O)CNc1cccc2c1C(=O)c1ccccc1C2=O. The zero-order chi connectivity index (χ0) is 19.2. The van der Waals surface area contributed by atoms with Crippen molar-refractivity contribution in [3.05, 3.63) is 64.7 Å². The molecule has 1 aliphatic carbocycles. The summed E-state index contributed by atoms with van der Waals surface area (Å²) < 4.78 is 0. The van der Waals surface area contributed by atoms with Crippen molar-refractivity contribution in [2.75, 3.05) is 31.5 Å². The molecule has 5 N–H and O–H groups in total. The maximum absolute atomic E-state index is 12.9. The normalized spacial score (nSPS) is 12.9. The van der Waals surface area contributed by atoms with Gasteiger partial charge in [0.1, 0.15) is 0 Å². The highest BCUT2D eigenvalue weighted by Gasteiger charge is 2.31. The molecule has 1 atom stereocenters. The van der Waals surface area contributed by atoms with Crippen LogP contribution in [0.15, 0.2) is 42.5 Å². The third-order valence-corrected chi connectivity index (χ3v) is 4.67. The van der Waals surface area contributed by atoms with E-state index < -0.39 is 6.10 Å². The molecule has 158 valence electrons. The number of hydrogen-bond acceptors (Lipinski definition) is 6. The number of carbonyl (C=O) groups is 2. The second-order valence-corrected chi connectivity index (χ2v) is 6.67. The van der Waals surface area contributed by atoms with Gasteiger partial charge >= 0.3 is 0 Å². The van der Waals surface area contributed by atoms with E-state index >= 15 is 0 Å². The van der Waals surface area contributed by atoms with E-state index in [1.807, 2.05) is 0 Å². The summed E-state index contributed by atoms with van der Waals surface area (Å²) in [6, 6.07) is 12.1. The minimum Gasteiger partial charge on any atom is -0.390 e. The number of nitrogens with two attached hydrogens (primary N) is 1. The van der Waals surface area contributed by atoms with Gasteiger partial charge in [-0.25, -0.2) is 0 Å². The summed E-state index contributed by atoms with van der Waals surface area (Å²) in [5, 5.41) is 16.4. The summed E-state index contributed by atoms with van der Waals surface area (Å²) in [4.78, 5) is 25.6. The highest BCUT2D eigenvalue weighted by Crippen LogP contribution is 2.31. The average molecular weight is 440 g/mol. The lowest BCUT2D eigenvalue weighted by atomic mass is 9.83. The molecule has 0 bridgehead atoms. The van der Waals surface area contributed by atoms with Crippen molar-refractivity contribution >= 4 is 42.1 Å². The number of ketones is 2. The molecule has 0 aromatic heterocycles. The number of aliphatic hydroxyl groups excluding tert-OH is 1. The van der Waals surface area contributed by atoms with Gasteiger partial charge in [-0.05, 0) is 32.0 Å². The largest absolute Gasteiger partial charge is 0.390 e. The van der Waals surface area contributed by atoms with Crippen LogP contribution in [0.25, 0.3) is 0 Å². The van der Waals surface area contributed by atoms with E-state index in [0.717, 1.165) is 19.4 Å². The average Bonchev–Trinajstić information content (AvgIpc) is 2.70. The van der Waals surface area contributed by atoms with Crippen molar-refractivity contribution in [3.8, 4) is 0 Å². The maximum atomic E-state index is 12.9. The van der Waals surface area contributed by atoms with Crippen molar-refractivity contribution in [1.82, 2.24) is 5.32 Å². The predicted molar refractivity (Wildman–Crippen MR) is 120 cm³/mol. The number of anilines is 1. The number of halogens is 2. The van der Waals surface area contributed by atoms with Gasteiger partial charge in [-0.2, -0.15) is 0 Å². The number of rotatable bonds is 9. The number of benzene rings is 2. The lowest BCUT2D eigenvalue weighted by molar-refractivity contribution is 0.0979. The number of fused-ring (bicyclic) bond motifs is 2. The number of nitrogens with one attached hydrogen (secondary N) is 2. The molecule has 0 saturated carbocycles. The third-order valence-electron chi connectivity index (χ3n) is 4.67. The minimum absolute atomic E-state index is 0. The van der Waals surface area contributed by atoms with Crippen LogP contribution in [-0.2, 0) is 0 Å². The van der Waals surface area contributed by atoms with Crippen LogP contribution in [0.1, 0.15) is 44.7 Å². The summed E-state index contributed by atoms with van der Waals surface area (Å²) >= 11 is 0. The molecule has 2 aromatic carbocycles. The van der Waals surface area contributed by atoms with E-state index in [9.17, 15) is 14.7 Å². The molecular formula is C21H27Cl2N3O3. The van der Waals surface area contributed by atoms with Crippen LogP contribution >= 0.6 is 24.8 Å². The first-order chi connectivity index (χ1) is 13.1.